The molecule has 3 rings (SSSR count). The van der Waals surface area contributed by atoms with Crippen molar-refractivity contribution >= 4 is 23.0 Å². The van der Waals surface area contributed by atoms with Gasteiger partial charge in [-0.05, 0) is 36.8 Å². The lowest BCUT2D eigenvalue weighted by atomic mass is 10.1. The van der Waals surface area contributed by atoms with Gasteiger partial charge in [0, 0.05) is 11.8 Å². The van der Waals surface area contributed by atoms with Crippen LogP contribution in [0.25, 0.3) is 0 Å². The summed E-state index contributed by atoms with van der Waals surface area (Å²) in [4.78, 5) is 14.3. The fourth-order valence-electron chi connectivity index (χ4n) is 2.61. The molecule has 1 aliphatic rings. The maximum atomic E-state index is 12.5. The average molecular weight is 297 g/mol. The van der Waals surface area contributed by atoms with Gasteiger partial charge in [-0.1, -0.05) is 12.1 Å². The first-order chi connectivity index (χ1) is 10.6. The molecular formula is C17H19N3O2. The third-order valence-corrected chi connectivity index (χ3v) is 3.82. The monoisotopic (exact) mass is 297 g/mol. The van der Waals surface area contributed by atoms with Crippen LogP contribution in [0.15, 0.2) is 42.5 Å². The van der Waals surface area contributed by atoms with E-state index in [1.165, 1.54) is 0 Å². The number of carbonyl (C=O) groups is 1. The first-order valence-electron chi connectivity index (χ1n) is 7.19. The smallest absolute Gasteiger partial charge is 0.249 e. The van der Waals surface area contributed by atoms with E-state index in [2.05, 4.69) is 5.32 Å². The molecule has 0 aromatic heterocycles. The summed E-state index contributed by atoms with van der Waals surface area (Å²) >= 11 is 0. The maximum absolute atomic E-state index is 12.5. The standard InChI is InChI=1S/C17H19N3O2/c1-11-17(21)20(10-12-3-5-13(18)6-4-12)16-8-7-14(22-2)9-15(16)19-11/h3-9,11,19H,10,18H2,1-2H3. The second kappa shape index (κ2) is 5.60. The van der Waals surface area contributed by atoms with Crippen molar-refractivity contribution in [1.82, 2.24) is 0 Å². The summed E-state index contributed by atoms with van der Waals surface area (Å²) < 4.78 is 5.25. The number of methoxy groups -OCH3 is 1. The van der Waals surface area contributed by atoms with Crippen LogP contribution < -0.4 is 20.7 Å². The van der Waals surface area contributed by atoms with Crippen molar-refractivity contribution < 1.29 is 9.53 Å². The van der Waals surface area contributed by atoms with Gasteiger partial charge in [0.1, 0.15) is 11.8 Å². The van der Waals surface area contributed by atoms with Gasteiger partial charge in [-0.15, -0.1) is 0 Å². The Balaban J connectivity index is 1.96. The highest BCUT2D eigenvalue weighted by Gasteiger charge is 2.29. The van der Waals surface area contributed by atoms with Crippen molar-refractivity contribution in [2.45, 2.75) is 19.5 Å². The molecule has 2 aromatic carbocycles. The van der Waals surface area contributed by atoms with Gasteiger partial charge in [-0.25, -0.2) is 0 Å². The number of carbonyl (C=O) groups excluding carboxylic acids is 1. The van der Waals surface area contributed by atoms with E-state index < -0.39 is 0 Å². The molecular weight excluding hydrogens is 278 g/mol. The molecule has 2 aromatic rings. The molecule has 1 atom stereocenters. The zero-order valence-electron chi connectivity index (χ0n) is 12.7. The van der Waals surface area contributed by atoms with Crippen LogP contribution in [0.5, 0.6) is 5.75 Å². The van der Waals surface area contributed by atoms with Gasteiger partial charge in [0.25, 0.3) is 0 Å². The highest BCUT2D eigenvalue weighted by Crippen LogP contribution is 2.35. The Bertz CT molecular complexity index is 698. The number of amides is 1. The lowest BCUT2D eigenvalue weighted by Gasteiger charge is -2.34. The summed E-state index contributed by atoms with van der Waals surface area (Å²) in [5, 5.41) is 3.22. The lowest BCUT2D eigenvalue weighted by molar-refractivity contribution is -0.119. The Morgan fingerprint density at radius 1 is 1.23 bits per heavy atom. The molecule has 0 saturated carbocycles. The van der Waals surface area contributed by atoms with E-state index >= 15 is 0 Å². The molecule has 1 unspecified atom stereocenters. The van der Waals surface area contributed by atoms with E-state index in [1.807, 2.05) is 49.4 Å². The van der Waals surface area contributed by atoms with E-state index in [0.717, 1.165) is 22.7 Å². The highest BCUT2D eigenvalue weighted by molar-refractivity contribution is 6.04. The summed E-state index contributed by atoms with van der Waals surface area (Å²) in [7, 11) is 1.63. The molecule has 5 heteroatoms. The third kappa shape index (κ3) is 2.57. The van der Waals surface area contributed by atoms with Gasteiger partial charge in [0.2, 0.25) is 5.91 Å². The summed E-state index contributed by atoms with van der Waals surface area (Å²) in [6, 6.07) is 13.0. The summed E-state index contributed by atoms with van der Waals surface area (Å²) in [5.74, 6) is 0.815. The molecule has 22 heavy (non-hydrogen) atoms. The molecule has 1 heterocycles. The number of anilines is 3. The van der Waals surface area contributed by atoms with Crippen molar-refractivity contribution in [2.24, 2.45) is 0 Å². The average Bonchev–Trinajstić information content (AvgIpc) is 2.53. The molecule has 0 radical (unpaired) electrons. The van der Waals surface area contributed by atoms with Crippen molar-refractivity contribution in [3.8, 4) is 5.75 Å². The number of fused-ring (bicyclic) bond motifs is 1. The maximum Gasteiger partial charge on any atom is 0.249 e. The van der Waals surface area contributed by atoms with E-state index in [4.69, 9.17) is 10.5 Å². The molecule has 1 aliphatic heterocycles. The molecule has 0 aliphatic carbocycles. The first-order valence-corrected chi connectivity index (χ1v) is 7.19. The predicted molar refractivity (Wildman–Crippen MR) is 88.1 cm³/mol. The Kier molecular flexibility index (Phi) is 3.63. The minimum atomic E-state index is -0.270. The van der Waals surface area contributed by atoms with Gasteiger partial charge in [-0.3, -0.25) is 4.79 Å². The predicted octanol–water partition coefficient (Wildman–Crippen LogP) is 2.62. The van der Waals surface area contributed by atoms with Gasteiger partial charge in [0.15, 0.2) is 0 Å². The number of nitrogens with zero attached hydrogens (tertiary/aromatic N) is 1. The van der Waals surface area contributed by atoms with Crippen LogP contribution in [0.4, 0.5) is 17.1 Å². The molecule has 1 amide bonds. The number of rotatable bonds is 3. The fraction of sp³-hybridized carbons (Fsp3) is 0.235. The van der Waals surface area contributed by atoms with E-state index in [1.54, 1.807) is 12.0 Å². The first kappa shape index (κ1) is 14.3. The summed E-state index contributed by atoms with van der Waals surface area (Å²) in [6.45, 7) is 2.38. The second-order valence-corrected chi connectivity index (χ2v) is 5.42. The van der Waals surface area contributed by atoms with Gasteiger partial charge < -0.3 is 20.7 Å². The van der Waals surface area contributed by atoms with Crippen LogP contribution in [-0.2, 0) is 11.3 Å². The van der Waals surface area contributed by atoms with Crippen LogP contribution in [-0.4, -0.2) is 19.1 Å². The second-order valence-electron chi connectivity index (χ2n) is 5.42. The SMILES string of the molecule is COc1ccc2c(c1)NC(C)C(=O)N2Cc1ccc(N)cc1. The summed E-state index contributed by atoms with van der Waals surface area (Å²) in [6.07, 6.45) is 0. The van der Waals surface area contributed by atoms with Crippen LogP contribution >= 0.6 is 0 Å². The third-order valence-electron chi connectivity index (χ3n) is 3.82. The van der Waals surface area contributed by atoms with Gasteiger partial charge >= 0.3 is 0 Å². The Hall–Kier alpha value is -2.69. The number of hydrogen-bond donors (Lipinski definition) is 2. The Morgan fingerprint density at radius 2 is 1.95 bits per heavy atom. The lowest BCUT2D eigenvalue weighted by Crippen LogP contribution is -2.45. The van der Waals surface area contributed by atoms with Gasteiger partial charge in [0.05, 0.1) is 25.0 Å². The zero-order chi connectivity index (χ0) is 15.7. The van der Waals surface area contributed by atoms with E-state index in [-0.39, 0.29) is 11.9 Å². The highest BCUT2D eigenvalue weighted by atomic mass is 16.5. The molecule has 3 N–H and O–H groups in total. The number of nitrogens with one attached hydrogen (secondary N) is 1. The number of nitrogen functional groups attached to an aromatic ring is 1. The molecule has 0 fully saturated rings. The summed E-state index contributed by atoms with van der Waals surface area (Å²) in [5.41, 5.74) is 9.24. The fourth-order valence-corrected chi connectivity index (χ4v) is 2.61. The molecule has 0 saturated heterocycles. The van der Waals surface area contributed by atoms with Crippen molar-refractivity contribution in [2.75, 3.05) is 23.1 Å². The number of benzene rings is 2. The Labute approximate surface area is 129 Å². The minimum absolute atomic E-state index is 0.0505. The minimum Gasteiger partial charge on any atom is -0.497 e. The van der Waals surface area contributed by atoms with Crippen molar-refractivity contribution in [3.63, 3.8) is 0 Å². The molecule has 0 spiro atoms. The Morgan fingerprint density at radius 3 is 2.64 bits per heavy atom. The van der Waals surface area contributed by atoms with Crippen molar-refractivity contribution in [3.05, 3.63) is 48.0 Å². The zero-order valence-corrected chi connectivity index (χ0v) is 12.7. The normalized spacial score (nSPS) is 16.9. The van der Waals surface area contributed by atoms with Crippen LogP contribution in [0.2, 0.25) is 0 Å². The van der Waals surface area contributed by atoms with Crippen LogP contribution in [0.3, 0.4) is 0 Å². The number of ether oxygens (including phenoxy) is 1. The largest absolute Gasteiger partial charge is 0.497 e. The van der Waals surface area contributed by atoms with E-state index in [9.17, 15) is 4.79 Å². The van der Waals surface area contributed by atoms with Gasteiger partial charge in [-0.2, -0.15) is 0 Å². The number of nitrogens with two attached hydrogens (primary N) is 1. The van der Waals surface area contributed by atoms with Crippen LogP contribution in [0.1, 0.15) is 12.5 Å². The molecule has 0 bridgehead atoms. The number of hydrogen-bond acceptors (Lipinski definition) is 4. The van der Waals surface area contributed by atoms with E-state index in [0.29, 0.717) is 12.2 Å². The van der Waals surface area contributed by atoms with Crippen LogP contribution in [0, 0.1) is 0 Å². The quantitative estimate of drug-likeness (QED) is 0.855. The topological polar surface area (TPSA) is 67.6 Å². The molecule has 5 nitrogen and oxygen atoms in total. The van der Waals surface area contributed by atoms with Crippen molar-refractivity contribution in [1.29, 1.82) is 0 Å². The molecule has 114 valence electrons.